The number of rotatable bonds is 5. The zero-order valence-corrected chi connectivity index (χ0v) is 18.5. The zero-order chi connectivity index (χ0) is 21.8. The molecule has 0 spiro atoms. The fraction of sp³-hybridized carbons (Fsp3) is 0.259. The standard InChI is InChI=1S/C27H29N5/c1-30-16-18-31(19-17-30)28-21-22-12-14-25(15-13-22)32-27(24-10-6-3-7-11-24)20-26(29-32)23-8-4-2-5-9-23/h2-15,21,27H,16-20H2,1H3/b28-21-/t27-/m1/s1. The third kappa shape index (κ3) is 4.58. The second-order valence-electron chi connectivity index (χ2n) is 8.48. The van der Waals surface area contributed by atoms with Crippen LogP contribution < -0.4 is 5.01 Å². The molecule has 5 rings (SSSR count). The predicted octanol–water partition coefficient (Wildman–Crippen LogP) is 4.62. The van der Waals surface area contributed by atoms with E-state index >= 15 is 0 Å². The molecule has 32 heavy (non-hydrogen) atoms. The van der Waals surface area contributed by atoms with Crippen molar-refractivity contribution in [3.63, 3.8) is 0 Å². The first-order valence-electron chi connectivity index (χ1n) is 11.3. The number of anilines is 1. The monoisotopic (exact) mass is 423 g/mol. The van der Waals surface area contributed by atoms with E-state index < -0.39 is 0 Å². The molecule has 1 fully saturated rings. The molecule has 2 aliphatic heterocycles. The van der Waals surface area contributed by atoms with Gasteiger partial charge in [-0.2, -0.15) is 10.2 Å². The van der Waals surface area contributed by atoms with Gasteiger partial charge in [0, 0.05) is 32.6 Å². The first kappa shape index (κ1) is 20.5. The average molecular weight is 424 g/mol. The molecule has 1 saturated heterocycles. The lowest BCUT2D eigenvalue weighted by atomic mass is 9.98. The molecule has 5 nitrogen and oxygen atoms in total. The van der Waals surface area contributed by atoms with Gasteiger partial charge in [-0.3, -0.25) is 10.0 Å². The van der Waals surface area contributed by atoms with Gasteiger partial charge < -0.3 is 4.90 Å². The van der Waals surface area contributed by atoms with Crippen molar-refractivity contribution < 1.29 is 0 Å². The highest BCUT2D eigenvalue weighted by Gasteiger charge is 2.29. The first-order valence-corrected chi connectivity index (χ1v) is 11.3. The second-order valence-corrected chi connectivity index (χ2v) is 8.48. The van der Waals surface area contributed by atoms with Gasteiger partial charge >= 0.3 is 0 Å². The first-order chi connectivity index (χ1) is 15.8. The van der Waals surface area contributed by atoms with Gasteiger partial charge in [0.15, 0.2) is 0 Å². The zero-order valence-electron chi connectivity index (χ0n) is 18.5. The Morgan fingerprint density at radius 1 is 0.812 bits per heavy atom. The smallest absolute Gasteiger partial charge is 0.0831 e. The summed E-state index contributed by atoms with van der Waals surface area (Å²) in [6, 6.07) is 29.9. The number of benzene rings is 3. The van der Waals surface area contributed by atoms with Crippen molar-refractivity contribution in [3.05, 3.63) is 102 Å². The molecule has 0 N–H and O–H groups in total. The van der Waals surface area contributed by atoms with Gasteiger partial charge in [0.05, 0.1) is 23.7 Å². The average Bonchev–Trinajstić information content (AvgIpc) is 3.31. The molecule has 0 amide bonds. The lowest BCUT2D eigenvalue weighted by molar-refractivity contribution is 0.159. The molecular formula is C27H29N5. The second kappa shape index (κ2) is 9.37. The van der Waals surface area contributed by atoms with Crippen LogP contribution in [0.5, 0.6) is 0 Å². The Bertz CT molecular complexity index is 1070. The number of likely N-dealkylation sites (N-methyl/N-ethyl adjacent to an activating group) is 1. The summed E-state index contributed by atoms with van der Waals surface area (Å²) < 4.78 is 0. The van der Waals surface area contributed by atoms with E-state index in [1.807, 2.05) is 12.3 Å². The highest BCUT2D eigenvalue weighted by atomic mass is 15.5. The van der Waals surface area contributed by atoms with E-state index in [9.17, 15) is 0 Å². The molecular weight excluding hydrogens is 394 g/mol. The Hall–Kier alpha value is -3.44. The van der Waals surface area contributed by atoms with E-state index in [0.717, 1.165) is 49.6 Å². The summed E-state index contributed by atoms with van der Waals surface area (Å²) in [7, 11) is 2.16. The minimum Gasteiger partial charge on any atom is -0.303 e. The van der Waals surface area contributed by atoms with Crippen molar-refractivity contribution >= 4 is 17.6 Å². The summed E-state index contributed by atoms with van der Waals surface area (Å²) in [5.41, 5.74) is 5.80. The largest absolute Gasteiger partial charge is 0.303 e. The third-order valence-electron chi connectivity index (χ3n) is 6.21. The molecule has 3 aromatic carbocycles. The fourth-order valence-corrected chi connectivity index (χ4v) is 4.26. The Kier molecular flexibility index (Phi) is 5.99. The molecule has 1 atom stereocenters. The lowest BCUT2D eigenvalue weighted by Gasteiger charge is -2.30. The van der Waals surface area contributed by atoms with Crippen LogP contribution in [0.2, 0.25) is 0 Å². The molecule has 0 saturated carbocycles. The molecule has 162 valence electrons. The molecule has 0 bridgehead atoms. The highest BCUT2D eigenvalue weighted by molar-refractivity contribution is 6.03. The molecule has 2 heterocycles. The maximum atomic E-state index is 5.05. The number of hydrogen-bond acceptors (Lipinski definition) is 5. The van der Waals surface area contributed by atoms with Gasteiger partial charge in [0.25, 0.3) is 0 Å². The molecule has 0 unspecified atom stereocenters. The van der Waals surface area contributed by atoms with Gasteiger partial charge in [-0.1, -0.05) is 72.8 Å². The third-order valence-corrected chi connectivity index (χ3v) is 6.21. The van der Waals surface area contributed by atoms with Crippen LogP contribution in [-0.2, 0) is 0 Å². The maximum Gasteiger partial charge on any atom is 0.0831 e. The van der Waals surface area contributed by atoms with E-state index in [1.165, 1.54) is 11.1 Å². The molecule has 2 aliphatic rings. The van der Waals surface area contributed by atoms with Gasteiger partial charge in [0.2, 0.25) is 0 Å². The van der Waals surface area contributed by atoms with E-state index in [1.54, 1.807) is 0 Å². The summed E-state index contributed by atoms with van der Waals surface area (Å²) >= 11 is 0. The van der Waals surface area contributed by atoms with E-state index in [4.69, 9.17) is 5.10 Å². The molecule has 3 aromatic rings. The van der Waals surface area contributed by atoms with Gasteiger partial charge in [-0.25, -0.2) is 0 Å². The molecule has 0 aliphatic carbocycles. The SMILES string of the molecule is CN1CCN(/N=C\c2ccc(N3N=C(c4ccccc4)C[C@@H]3c3ccccc3)cc2)CC1. The van der Waals surface area contributed by atoms with Gasteiger partial charge in [-0.15, -0.1) is 0 Å². The maximum absolute atomic E-state index is 5.05. The Labute approximate surface area is 190 Å². The summed E-state index contributed by atoms with van der Waals surface area (Å²) in [5, 5.41) is 14.0. The topological polar surface area (TPSA) is 34.4 Å². The van der Waals surface area contributed by atoms with Crippen LogP contribution >= 0.6 is 0 Å². The van der Waals surface area contributed by atoms with Gasteiger partial charge in [0.1, 0.15) is 0 Å². The van der Waals surface area contributed by atoms with Crippen LogP contribution in [0.25, 0.3) is 0 Å². The molecule has 5 heteroatoms. The number of piperazine rings is 1. The Morgan fingerprint density at radius 3 is 2.16 bits per heavy atom. The van der Waals surface area contributed by atoms with Crippen molar-refractivity contribution in [2.45, 2.75) is 12.5 Å². The van der Waals surface area contributed by atoms with E-state index in [0.29, 0.717) is 0 Å². The fourth-order valence-electron chi connectivity index (χ4n) is 4.26. The van der Waals surface area contributed by atoms with Crippen molar-refractivity contribution in [1.82, 2.24) is 9.91 Å². The molecule has 0 radical (unpaired) electrons. The lowest BCUT2D eigenvalue weighted by Crippen LogP contribution is -2.41. The Balaban J connectivity index is 1.37. The number of hydrogen-bond donors (Lipinski definition) is 0. The number of hydrazone groups is 2. The van der Waals surface area contributed by atoms with Crippen LogP contribution in [0, 0.1) is 0 Å². The van der Waals surface area contributed by atoms with Crippen LogP contribution in [-0.4, -0.2) is 55.1 Å². The van der Waals surface area contributed by atoms with Crippen molar-refractivity contribution in [3.8, 4) is 0 Å². The highest BCUT2D eigenvalue weighted by Crippen LogP contribution is 2.36. The number of nitrogens with zero attached hydrogens (tertiary/aromatic N) is 5. The summed E-state index contributed by atoms with van der Waals surface area (Å²) in [6.45, 7) is 4.09. The summed E-state index contributed by atoms with van der Waals surface area (Å²) in [6.07, 6.45) is 2.85. The summed E-state index contributed by atoms with van der Waals surface area (Å²) in [4.78, 5) is 2.34. The van der Waals surface area contributed by atoms with Crippen LogP contribution in [0.3, 0.4) is 0 Å². The van der Waals surface area contributed by atoms with E-state index in [2.05, 4.69) is 106 Å². The van der Waals surface area contributed by atoms with Crippen LogP contribution in [0.15, 0.2) is 95.1 Å². The predicted molar refractivity (Wildman–Crippen MR) is 132 cm³/mol. The van der Waals surface area contributed by atoms with Crippen LogP contribution in [0.1, 0.15) is 29.2 Å². The Morgan fingerprint density at radius 2 is 1.47 bits per heavy atom. The van der Waals surface area contributed by atoms with Crippen molar-refractivity contribution in [2.24, 2.45) is 10.2 Å². The van der Waals surface area contributed by atoms with Crippen molar-refractivity contribution in [2.75, 3.05) is 38.2 Å². The van der Waals surface area contributed by atoms with E-state index in [-0.39, 0.29) is 6.04 Å². The quantitative estimate of drug-likeness (QED) is 0.562. The van der Waals surface area contributed by atoms with Gasteiger partial charge in [-0.05, 0) is 35.9 Å². The van der Waals surface area contributed by atoms with Crippen LogP contribution in [0.4, 0.5) is 5.69 Å². The minimum absolute atomic E-state index is 0.191. The summed E-state index contributed by atoms with van der Waals surface area (Å²) in [5.74, 6) is 0. The molecule has 0 aromatic heterocycles. The minimum atomic E-state index is 0.191. The normalized spacial score (nSPS) is 19.5. The van der Waals surface area contributed by atoms with Crippen molar-refractivity contribution in [1.29, 1.82) is 0 Å².